The maximum absolute atomic E-state index is 5.95. The van der Waals surface area contributed by atoms with Gasteiger partial charge in [-0.3, -0.25) is 0 Å². The fourth-order valence-electron chi connectivity index (χ4n) is 3.51. The van der Waals surface area contributed by atoms with Crippen molar-refractivity contribution in [3.8, 4) is 11.5 Å². The third kappa shape index (κ3) is 4.49. The Labute approximate surface area is 167 Å². The van der Waals surface area contributed by atoms with Gasteiger partial charge in [-0.15, -0.1) is 0 Å². The average molecular weight is 383 g/mol. The molecule has 5 nitrogen and oxygen atoms in total. The largest absolute Gasteiger partial charge is 0.497 e. The summed E-state index contributed by atoms with van der Waals surface area (Å²) in [4.78, 5) is 2.15. The summed E-state index contributed by atoms with van der Waals surface area (Å²) in [6, 6.07) is 16.3. The van der Waals surface area contributed by atoms with E-state index in [1.54, 1.807) is 7.11 Å². The minimum atomic E-state index is -0.288. The van der Waals surface area contributed by atoms with Crippen LogP contribution in [0.2, 0.25) is 0 Å². The fraction of sp³-hybridized carbons (Fsp3) is 0.391. The number of para-hydroxylation sites is 1. The van der Waals surface area contributed by atoms with Crippen LogP contribution in [0.25, 0.3) is 0 Å². The molecule has 0 saturated carbocycles. The van der Waals surface area contributed by atoms with E-state index in [2.05, 4.69) is 23.1 Å². The first-order valence-electron chi connectivity index (χ1n) is 9.71. The molecule has 150 valence electrons. The molecule has 0 spiro atoms. The van der Waals surface area contributed by atoms with Crippen LogP contribution in [0.1, 0.15) is 30.9 Å². The Morgan fingerprint density at radius 3 is 2.50 bits per heavy atom. The second kappa shape index (κ2) is 9.62. The van der Waals surface area contributed by atoms with Gasteiger partial charge >= 0.3 is 0 Å². The molecule has 28 heavy (non-hydrogen) atoms. The first kappa shape index (κ1) is 20.2. The van der Waals surface area contributed by atoms with Crippen LogP contribution in [0.3, 0.4) is 0 Å². The molecule has 0 bridgehead atoms. The zero-order valence-electron chi connectivity index (χ0n) is 17.1. The summed E-state index contributed by atoms with van der Waals surface area (Å²) in [7, 11) is 3.73. The van der Waals surface area contributed by atoms with E-state index >= 15 is 0 Å². The zero-order valence-corrected chi connectivity index (χ0v) is 17.1. The molecule has 1 heterocycles. The number of ether oxygens (including phenoxy) is 4. The molecule has 0 amide bonds. The number of likely N-dealkylation sites (N-methyl/N-ethyl adjacent to an activating group) is 1. The number of methoxy groups -OCH3 is 1. The highest BCUT2D eigenvalue weighted by Gasteiger charge is 2.30. The summed E-state index contributed by atoms with van der Waals surface area (Å²) in [5.74, 6) is 1.75. The number of hydrogen-bond acceptors (Lipinski definition) is 5. The average Bonchev–Trinajstić information content (AvgIpc) is 2.73. The van der Waals surface area contributed by atoms with Crippen molar-refractivity contribution in [1.29, 1.82) is 0 Å². The zero-order chi connectivity index (χ0) is 19.9. The van der Waals surface area contributed by atoms with Gasteiger partial charge in [-0.25, -0.2) is 0 Å². The molecule has 0 aliphatic carbocycles. The molecule has 2 aromatic rings. The summed E-state index contributed by atoms with van der Waals surface area (Å²) in [6.45, 7) is 5.78. The quantitative estimate of drug-likeness (QED) is 0.601. The third-order valence-corrected chi connectivity index (χ3v) is 4.83. The molecule has 1 unspecified atom stereocenters. The second-order valence-electron chi connectivity index (χ2n) is 6.63. The van der Waals surface area contributed by atoms with Crippen LogP contribution in [0.5, 0.6) is 11.5 Å². The minimum Gasteiger partial charge on any atom is -0.497 e. The van der Waals surface area contributed by atoms with Crippen molar-refractivity contribution in [1.82, 2.24) is 4.90 Å². The van der Waals surface area contributed by atoms with Crippen LogP contribution in [0, 0.1) is 0 Å². The molecule has 2 aromatic carbocycles. The Morgan fingerprint density at radius 2 is 1.79 bits per heavy atom. The van der Waals surface area contributed by atoms with E-state index in [1.165, 1.54) is 0 Å². The third-order valence-electron chi connectivity index (χ3n) is 4.83. The number of hydrogen-bond donors (Lipinski definition) is 0. The molecule has 0 aromatic heterocycles. The summed E-state index contributed by atoms with van der Waals surface area (Å²) in [5.41, 5.74) is 3.33. The molecular formula is C23H29NO4. The summed E-state index contributed by atoms with van der Waals surface area (Å²) >= 11 is 0. The van der Waals surface area contributed by atoms with Crippen LogP contribution in [0.4, 0.5) is 0 Å². The lowest BCUT2D eigenvalue weighted by Gasteiger charge is -2.35. The highest BCUT2D eigenvalue weighted by atomic mass is 16.7. The Kier molecular flexibility index (Phi) is 6.95. The smallest absolute Gasteiger partial charge is 0.174 e. The maximum Gasteiger partial charge on any atom is 0.174 e. The topological polar surface area (TPSA) is 40.2 Å². The summed E-state index contributed by atoms with van der Waals surface area (Å²) in [6.07, 6.45) is 1.55. The van der Waals surface area contributed by atoms with Gasteiger partial charge in [0.05, 0.1) is 25.3 Å². The van der Waals surface area contributed by atoms with E-state index in [-0.39, 0.29) is 12.2 Å². The summed E-state index contributed by atoms with van der Waals surface area (Å²) < 4.78 is 22.9. The van der Waals surface area contributed by atoms with Crippen LogP contribution >= 0.6 is 0 Å². The first-order valence-corrected chi connectivity index (χ1v) is 9.71. The standard InChI is InChI=1S/C23H29NO4/c1-5-26-22(27-6-2)15-24(3)20-16-28-21-13-8-7-12-19(21)23(20)17-10-9-11-18(14-17)25-4/h7-14,16,22-23H,5-6,15H2,1-4H3. The van der Waals surface area contributed by atoms with Crippen LogP contribution in [-0.2, 0) is 9.47 Å². The number of nitrogens with zero attached hydrogens (tertiary/aromatic N) is 1. The predicted octanol–water partition coefficient (Wildman–Crippen LogP) is 4.39. The Hall–Kier alpha value is -2.50. The Morgan fingerprint density at radius 1 is 1.04 bits per heavy atom. The monoisotopic (exact) mass is 383 g/mol. The van der Waals surface area contributed by atoms with Crippen molar-refractivity contribution in [2.45, 2.75) is 26.1 Å². The molecule has 1 atom stereocenters. The number of rotatable bonds is 9. The summed E-state index contributed by atoms with van der Waals surface area (Å²) in [5, 5.41) is 0. The van der Waals surface area contributed by atoms with Gasteiger partial charge in [0, 0.05) is 25.8 Å². The van der Waals surface area contributed by atoms with Gasteiger partial charge in [-0.1, -0.05) is 30.3 Å². The Bertz CT molecular complexity index is 799. The van der Waals surface area contributed by atoms with E-state index in [1.807, 2.05) is 57.5 Å². The van der Waals surface area contributed by atoms with Crippen LogP contribution in [0.15, 0.2) is 60.5 Å². The van der Waals surface area contributed by atoms with Crippen LogP contribution < -0.4 is 9.47 Å². The number of benzene rings is 2. The van der Waals surface area contributed by atoms with Gasteiger partial charge in [0.2, 0.25) is 0 Å². The molecule has 0 N–H and O–H groups in total. The second-order valence-corrected chi connectivity index (χ2v) is 6.63. The SMILES string of the molecule is CCOC(CN(C)C1=COc2ccccc2C1c1cccc(OC)c1)OCC. The molecule has 0 radical (unpaired) electrons. The molecular weight excluding hydrogens is 354 g/mol. The van der Waals surface area contributed by atoms with Crippen molar-refractivity contribution >= 4 is 0 Å². The number of allylic oxidation sites excluding steroid dienone is 1. The van der Waals surface area contributed by atoms with E-state index < -0.39 is 0 Å². The lowest BCUT2D eigenvalue weighted by molar-refractivity contribution is -0.143. The highest BCUT2D eigenvalue weighted by molar-refractivity contribution is 5.51. The maximum atomic E-state index is 5.95. The van der Waals surface area contributed by atoms with E-state index in [0.29, 0.717) is 19.8 Å². The van der Waals surface area contributed by atoms with Gasteiger partial charge in [-0.2, -0.15) is 0 Å². The minimum absolute atomic E-state index is 0.0361. The van der Waals surface area contributed by atoms with Crippen molar-refractivity contribution in [3.63, 3.8) is 0 Å². The molecule has 0 saturated heterocycles. The predicted molar refractivity (Wildman–Crippen MR) is 110 cm³/mol. The Balaban J connectivity index is 1.95. The fourth-order valence-corrected chi connectivity index (χ4v) is 3.51. The first-order chi connectivity index (χ1) is 13.7. The normalized spacial score (nSPS) is 15.6. The van der Waals surface area contributed by atoms with Crippen molar-refractivity contribution in [2.75, 3.05) is 33.9 Å². The molecule has 3 rings (SSSR count). The van der Waals surface area contributed by atoms with Gasteiger partial charge in [0.15, 0.2) is 6.29 Å². The van der Waals surface area contributed by atoms with Crippen LogP contribution in [-0.4, -0.2) is 45.1 Å². The van der Waals surface area contributed by atoms with E-state index in [4.69, 9.17) is 18.9 Å². The van der Waals surface area contributed by atoms with E-state index in [0.717, 1.165) is 28.3 Å². The highest BCUT2D eigenvalue weighted by Crippen LogP contribution is 2.42. The number of fused-ring (bicyclic) bond motifs is 1. The van der Waals surface area contributed by atoms with Crippen molar-refractivity contribution in [3.05, 3.63) is 71.6 Å². The van der Waals surface area contributed by atoms with Crippen molar-refractivity contribution in [2.24, 2.45) is 0 Å². The van der Waals surface area contributed by atoms with Gasteiger partial charge in [0.1, 0.15) is 17.8 Å². The van der Waals surface area contributed by atoms with Gasteiger partial charge in [-0.05, 0) is 37.6 Å². The lowest BCUT2D eigenvalue weighted by atomic mass is 9.86. The molecule has 0 fully saturated rings. The molecule has 1 aliphatic heterocycles. The molecule has 5 heteroatoms. The lowest BCUT2D eigenvalue weighted by Crippen LogP contribution is -2.35. The van der Waals surface area contributed by atoms with Crippen molar-refractivity contribution < 1.29 is 18.9 Å². The van der Waals surface area contributed by atoms with Gasteiger partial charge in [0.25, 0.3) is 0 Å². The van der Waals surface area contributed by atoms with E-state index in [9.17, 15) is 0 Å². The molecule has 1 aliphatic rings. The van der Waals surface area contributed by atoms with Gasteiger partial charge < -0.3 is 23.8 Å².